The summed E-state index contributed by atoms with van der Waals surface area (Å²) < 4.78 is 27.2. The molecule has 9 rings (SSSR count). The van der Waals surface area contributed by atoms with Gasteiger partial charge in [0.25, 0.3) is 5.91 Å². The lowest BCUT2D eigenvalue weighted by Crippen LogP contribution is -2.51. The van der Waals surface area contributed by atoms with Crippen LogP contribution in [0.25, 0.3) is 11.0 Å². The number of hydrogen-bond donors (Lipinski definition) is 3. The number of methoxy groups -OCH3 is 1. The Balaban J connectivity index is 0.784. The number of rotatable bonds is 12. The van der Waals surface area contributed by atoms with E-state index in [4.69, 9.17) is 21.1 Å². The molecule has 0 radical (unpaired) electrons. The molecule has 2 aromatic heterocycles. The molecule has 17 heteroatoms. The number of H-pyrrole nitrogens is 1. The Morgan fingerprint density at radius 1 is 0.859 bits per heavy atom. The van der Waals surface area contributed by atoms with Crippen LogP contribution in [-0.4, -0.2) is 108 Å². The molecule has 15 nitrogen and oxygen atoms in total. The van der Waals surface area contributed by atoms with E-state index in [0.717, 1.165) is 32.5 Å². The molecule has 3 N–H and O–H groups in total. The van der Waals surface area contributed by atoms with E-state index in [9.17, 15) is 19.2 Å². The topological polar surface area (TPSA) is 165 Å². The number of aromatic amines is 1. The van der Waals surface area contributed by atoms with Crippen molar-refractivity contribution in [2.45, 2.75) is 19.3 Å². The van der Waals surface area contributed by atoms with Gasteiger partial charge in [0, 0.05) is 87.9 Å². The molecular formula is C47H45ClFN9O6. The third kappa shape index (κ3) is 8.92. The highest BCUT2D eigenvalue weighted by atomic mass is 35.5. The zero-order chi connectivity index (χ0) is 44.3. The fourth-order valence-electron chi connectivity index (χ4n) is 8.59. The van der Waals surface area contributed by atoms with E-state index in [1.165, 1.54) is 24.4 Å². The van der Waals surface area contributed by atoms with Gasteiger partial charge in [-0.3, -0.25) is 29.5 Å². The van der Waals surface area contributed by atoms with Gasteiger partial charge in [-0.2, -0.15) is 0 Å². The number of piperazine rings is 1. The van der Waals surface area contributed by atoms with Gasteiger partial charge in [0.1, 0.15) is 40.9 Å². The number of ketones is 1. The first-order valence-corrected chi connectivity index (χ1v) is 21.5. The second kappa shape index (κ2) is 18.4. The van der Waals surface area contributed by atoms with Crippen LogP contribution in [0.1, 0.15) is 45.5 Å². The lowest BCUT2D eigenvalue weighted by Gasteiger charge is -2.39. The SMILES string of the molecule is COc1ccc(C(=O)N2CCN(CC3CCN(c4ccc(Nc5ncnc6[nH]cc(C(=O)c7ccc(Oc8ccccc8)cc7Cl)c56)cc4F)CC3)CC2)cc1N1CCC(=O)NC1=O. The molecule has 3 fully saturated rings. The number of piperidine rings is 1. The van der Waals surface area contributed by atoms with Crippen molar-refractivity contribution in [1.29, 1.82) is 0 Å². The summed E-state index contributed by atoms with van der Waals surface area (Å²) in [6.45, 7) is 5.12. The molecule has 0 atom stereocenters. The van der Waals surface area contributed by atoms with Crippen LogP contribution in [0.4, 0.5) is 32.1 Å². The van der Waals surface area contributed by atoms with Crippen molar-refractivity contribution in [3.63, 3.8) is 0 Å². The molecule has 4 aromatic carbocycles. The second-order valence-corrected chi connectivity index (χ2v) is 16.4. The first-order chi connectivity index (χ1) is 31.1. The summed E-state index contributed by atoms with van der Waals surface area (Å²) in [5, 5.41) is 6.20. The van der Waals surface area contributed by atoms with E-state index in [1.54, 1.807) is 54.7 Å². The molecule has 0 spiro atoms. The van der Waals surface area contributed by atoms with Gasteiger partial charge in [0.2, 0.25) is 5.91 Å². The highest BCUT2D eigenvalue weighted by molar-refractivity contribution is 6.36. The van der Waals surface area contributed by atoms with E-state index in [1.807, 2.05) is 35.2 Å². The van der Waals surface area contributed by atoms with Crippen molar-refractivity contribution in [2.75, 3.05) is 74.6 Å². The summed E-state index contributed by atoms with van der Waals surface area (Å²) in [7, 11) is 1.50. The van der Waals surface area contributed by atoms with Gasteiger partial charge < -0.3 is 29.6 Å². The minimum absolute atomic E-state index is 0.124. The van der Waals surface area contributed by atoms with Crippen LogP contribution in [0.5, 0.6) is 17.2 Å². The van der Waals surface area contributed by atoms with Gasteiger partial charge in [0.15, 0.2) is 5.78 Å². The molecule has 3 saturated heterocycles. The van der Waals surface area contributed by atoms with E-state index in [-0.39, 0.29) is 47.0 Å². The third-order valence-corrected chi connectivity index (χ3v) is 12.3. The molecule has 0 unspecified atom stereocenters. The number of benzene rings is 4. The molecule has 328 valence electrons. The van der Waals surface area contributed by atoms with Gasteiger partial charge >= 0.3 is 6.03 Å². The number of hydrogen-bond acceptors (Lipinski definition) is 11. The molecule has 64 heavy (non-hydrogen) atoms. The van der Waals surface area contributed by atoms with Crippen molar-refractivity contribution >= 4 is 69.1 Å². The second-order valence-electron chi connectivity index (χ2n) is 16.0. The van der Waals surface area contributed by atoms with Crippen LogP contribution >= 0.6 is 11.6 Å². The Labute approximate surface area is 373 Å². The van der Waals surface area contributed by atoms with Crippen molar-refractivity contribution < 1.29 is 33.0 Å². The van der Waals surface area contributed by atoms with Gasteiger partial charge in [0.05, 0.1) is 34.5 Å². The van der Waals surface area contributed by atoms with Gasteiger partial charge in [-0.05, 0) is 79.4 Å². The summed E-state index contributed by atoms with van der Waals surface area (Å²) in [5.41, 5.74) is 2.90. The number of aromatic nitrogens is 3. The fourth-order valence-corrected chi connectivity index (χ4v) is 8.85. The summed E-state index contributed by atoms with van der Waals surface area (Å²) in [6.07, 6.45) is 4.90. The maximum atomic E-state index is 15.8. The van der Waals surface area contributed by atoms with Gasteiger partial charge in [-0.25, -0.2) is 19.2 Å². The largest absolute Gasteiger partial charge is 0.495 e. The standard InChI is InChI=1S/C47H45ClFN9O6/c1-63-40-12-7-30(23-39(40)58-18-15-41(59)54-47(58)62)46(61)57-21-19-55(20-22-57)27-29-13-16-56(17-14-29)38-11-8-31(24-37(38)49)53-45-42-35(26-50-44(42)51-28-52-45)43(60)34-10-9-33(25-36(34)48)64-32-5-3-2-4-6-32/h2-12,23-26,28-29H,13-22,27H2,1H3,(H,54,59,62)(H2,50,51,52,53). The maximum Gasteiger partial charge on any atom is 0.328 e. The molecule has 0 aliphatic carbocycles. The number of halogens is 2. The zero-order valence-corrected chi connectivity index (χ0v) is 35.7. The molecule has 0 saturated carbocycles. The average Bonchev–Trinajstić information content (AvgIpc) is 3.75. The van der Waals surface area contributed by atoms with Gasteiger partial charge in [-0.15, -0.1) is 0 Å². The maximum absolute atomic E-state index is 15.8. The normalized spacial score (nSPS) is 16.2. The molecular weight excluding hydrogens is 841 g/mol. The Bertz CT molecular complexity index is 2740. The highest BCUT2D eigenvalue weighted by Crippen LogP contribution is 2.35. The fraction of sp³-hybridized carbons (Fsp3) is 0.277. The van der Waals surface area contributed by atoms with Crippen molar-refractivity contribution in [2.24, 2.45) is 5.92 Å². The van der Waals surface area contributed by atoms with Crippen LogP contribution < -0.4 is 29.9 Å². The number of ether oxygens (including phenoxy) is 2. The van der Waals surface area contributed by atoms with E-state index in [2.05, 4.69) is 35.4 Å². The monoisotopic (exact) mass is 885 g/mol. The van der Waals surface area contributed by atoms with Crippen LogP contribution in [0.3, 0.4) is 0 Å². The molecule has 6 aromatic rings. The lowest BCUT2D eigenvalue weighted by molar-refractivity contribution is -0.120. The molecule has 0 bridgehead atoms. The summed E-state index contributed by atoms with van der Waals surface area (Å²) >= 11 is 6.61. The minimum Gasteiger partial charge on any atom is -0.495 e. The third-order valence-electron chi connectivity index (χ3n) is 12.0. The number of nitrogens with zero attached hydrogens (tertiary/aromatic N) is 6. The molecule has 5 heterocycles. The van der Waals surface area contributed by atoms with E-state index < -0.39 is 6.03 Å². The van der Waals surface area contributed by atoms with Crippen LogP contribution in [0.2, 0.25) is 5.02 Å². The number of nitrogens with one attached hydrogen (secondary N) is 3. The number of imide groups is 1. The molecule has 3 aliphatic rings. The molecule has 3 aliphatic heterocycles. The predicted molar refractivity (Wildman–Crippen MR) is 241 cm³/mol. The quantitative estimate of drug-likeness (QED) is 0.103. The smallest absolute Gasteiger partial charge is 0.328 e. The number of amides is 4. The number of anilines is 4. The lowest BCUT2D eigenvalue weighted by atomic mass is 9.95. The average molecular weight is 886 g/mol. The highest BCUT2D eigenvalue weighted by Gasteiger charge is 2.30. The van der Waals surface area contributed by atoms with Crippen LogP contribution in [0.15, 0.2) is 97.5 Å². The van der Waals surface area contributed by atoms with Crippen molar-refractivity contribution in [3.8, 4) is 17.2 Å². The Morgan fingerprint density at radius 2 is 1.66 bits per heavy atom. The summed E-state index contributed by atoms with van der Waals surface area (Å²) in [5.74, 6) is 1.18. The number of para-hydroxylation sites is 1. The van der Waals surface area contributed by atoms with E-state index in [0.29, 0.717) is 94.4 Å². The van der Waals surface area contributed by atoms with Crippen molar-refractivity contribution in [3.05, 3.63) is 125 Å². The number of fused-ring (bicyclic) bond motifs is 1. The first kappa shape index (κ1) is 42.3. The Kier molecular flexibility index (Phi) is 12.1. The predicted octanol–water partition coefficient (Wildman–Crippen LogP) is 7.65. The Morgan fingerprint density at radius 3 is 2.39 bits per heavy atom. The van der Waals surface area contributed by atoms with Crippen LogP contribution in [0, 0.1) is 11.7 Å². The van der Waals surface area contributed by atoms with Crippen LogP contribution in [-0.2, 0) is 4.79 Å². The summed E-state index contributed by atoms with van der Waals surface area (Å²) in [6, 6.07) is 23.7. The summed E-state index contributed by atoms with van der Waals surface area (Å²) in [4.78, 5) is 71.2. The van der Waals surface area contributed by atoms with Crippen molar-refractivity contribution in [1.82, 2.24) is 30.1 Å². The van der Waals surface area contributed by atoms with Gasteiger partial charge in [-0.1, -0.05) is 29.8 Å². The number of carbonyl (C=O) groups is 4. The number of urea groups is 1. The Hall–Kier alpha value is -7.04. The number of carbonyl (C=O) groups excluding carboxylic acids is 4. The van der Waals surface area contributed by atoms with E-state index >= 15 is 4.39 Å². The zero-order valence-electron chi connectivity index (χ0n) is 35.0. The molecule has 4 amide bonds. The first-order valence-electron chi connectivity index (χ1n) is 21.1. The minimum atomic E-state index is -0.542.